The monoisotopic (exact) mass is 359 g/mol. The Morgan fingerprint density at radius 3 is 2.73 bits per heavy atom. The SMILES string of the molecule is CC[C@H](C)CO[C@H]1[C@H](OC)C=C2C=C3C(=C(C)C(=O)N3C)C[C@]2(C)[C@H]1C. The number of nitrogens with zero attached hydrogens (tertiary/aromatic N) is 1. The van der Waals surface area contributed by atoms with E-state index in [-0.39, 0.29) is 23.5 Å². The molecule has 4 heteroatoms. The molecule has 3 rings (SSSR count). The number of ether oxygens (including phenoxy) is 2. The molecule has 1 heterocycles. The lowest BCUT2D eigenvalue weighted by atomic mass is 9.59. The molecular formula is C22H33NO3. The molecule has 5 atom stereocenters. The van der Waals surface area contributed by atoms with Crippen LogP contribution in [0.2, 0.25) is 0 Å². The van der Waals surface area contributed by atoms with Gasteiger partial charge in [-0.05, 0) is 48.5 Å². The minimum atomic E-state index is -0.0528. The first kappa shape index (κ1) is 19.4. The number of hydrogen-bond acceptors (Lipinski definition) is 3. The third-order valence-electron chi connectivity index (χ3n) is 6.95. The molecule has 0 fully saturated rings. The molecule has 0 aromatic carbocycles. The van der Waals surface area contributed by atoms with Crippen molar-refractivity contribution in [3.8, 4) is 0 Å². The summed E-state index contributed by atoms with van der Waals surface area (Å²) in [6.07, 6.45) is 6.39. The van der Waals surface area contributed by atoms with Crippen molar-refractivity contribution in [2.75, 3.05) is 20.8 Å². The number of fused-ring (bicyclic) bond motifs is 2. The Balaban J connectivity index is 1.98. The molecule has 3 aliphatic rings. The molecule has 26 heavy (non-hydrogen) atoms. The van der Waals surface area contributed by atoms with Crippen LogP contribution in [0.3, 0.4) is 0 Å². The van der Waals surface area contributed by atoms with Gasteiger partial charge >= 0.3 is 0 Å². The molecule has 0 bridgehead atoms. The lowest BCUT2D eigenvalue weighted by molar-refractivity contribution is -0.123. The van der Waals surface area contributed by atoms with E-state index in [4.69, 9.17) is 9.47 Å². The van der Waals surface area contributed by atoms with Gasteiger partial charge in [0.25, 0.3) is 5.91 Å². The van der Waals surface area contributed by atoms with Gasteiger partial charge in [-0.1, -0.05) is 34.1 Å². The summed E-state index contributed by atoms with van der Waals surface area (Å²) in [7, 11) is 3.62. The molecule has 0 N–H and O–H groups in total. The van der Waals surface area contributed by atoms with Gasteiger partial charge in [0, 0.05) is 37.4 Å². The van der Waals surface area contributed by atoms with Crippen LogP contribution in [0.25, 0.3) is 0 Å². The van der Waals surface area contributed by atoms with Crippen LogP contribution in [0, 0.1) is 17.3 Å². The Labute approximate surface area is 157 Å². The fourth-order valence-corrected chi connectivity index (χ4v) is 4.49. The van der Waals surface area contributed by atoms with Crippen LogP contribution in [0.15, 0.2) is 34.6 Å². The molecule has 0 saturated heterocycles. The van der Waals surface area contributed by atoms with E-state index in [2.05, 4.69) is 39.8 Å². The zero-order valence-corrected chi connectivity index (χ0v) is 17.3. The summed E-state index contributed by atoms with van der Waals surface area (Å²) in [6.45, 7) is 11.7. The van der Waals surface area contributed by atoms with Crippen LogP contribution in [0.4, 0.5) is 0 Å². The summed E-state index contributed by atoms with van der Waals surface area (Å²) in [5.74, 6) is 0.965. The van der Waals surface area contributed by atoms with Gasteiger partial charge in [0.1, 0.15) is 6.10 Å². The van der Waals surface area contributed by atoms with Crippen LogP contribution >= 0.6 is 0 Å². The molecule has 0 aromatic rings. The molecule has 1 amide bonds. The van der Waals surface area contributed by atoms with Crippen molar-refractivity contribution in [2.45, 2.75) is 59.7 Å². The second-order valence-corrected chi connectivity index (χ2v) is 8.51. The summed E-state index contributed by atoms with van der Waals surface area (Å²) < 4.78 is 12.2. The fraction of sp³-hybridized carbons (Fsp3) is 0.682. The standard InChI is InChI=1S/C22H33NO3/c1-8-13(2)12-26-20-15(4)22(5)11-17-14(3)21(24)23(6)18(17)9-16(22)10-19(20)25-7/h9-10,13,15,19-20H,8,11-12H2,1-7H3/t13-,15-,19+,20+,22+/m0/s1. The van der Waals surface area contributed by atoms with Gasteiger partial charge in [0.15, 0.2) is 0 Å². The minimum Gasteiger partial charge on any atom is -0.375 e. The van der Waals surface area contributed by atoms with Crippen LogP contribution < -0.4 is 0 Å². The zero-order valence-electron chi connectivity index (χ0n) is 17.3. The highest BCUT2D eigenvalue weighted by atomic mass is 16.5. The van der Waals surface area contributed by atoms with Crippen LogP contribution in [-0.2, 0) is 14.3 Å². The van der Waals surface area contributed by atoms with Crippen molar-refractivity contribution in [1.29, 1.82) is 0 Å². The smallest absolute Gasteiger partial charge is 0.254 e. The molecule has 2 aliphatic carbocycles. The normalized spacial score (nSPS) is 35.1. The van der Waals surface area contributed by atoms with E-state index in [0.717, 1.165) is 30.7 Å². The van der Waals surface area contributed by atoms with E-state index in [1.807, 2.05) is 14.0 Å². The van der Waals surface area contributed by atoms with Gasteiger partial charge in [-0.3, -0.25) is 4.79 Å². The number of carbonyl (C=O) groups excluding carboxylic acids is 1. The van der Waals surface area contributed by atoms with Gasteiger partial charge in [-0.15, -0.1) is 0 Å². The van der Waals surface area contributed by atoms with E-state index in [0.29, 0.717) is 11.8 Å². The van der Waals surface area contributed by atoms with Gasteiger partial charge in [0.2, 0.25) is 0 Å². The summed E-state index contributed by atoms with van der Waals surface area (Å²) in [6, 6.07) is 0. The zero-order chi connectivity index (χ0) is 19.2. The average Bonchev–Trinajstić information content (AvgIpc) is 2.83. The van der Waals surface area contributed by atoms with Gasteiger partial charge in [-0.2, -0.15) is 0 Å². The first-order valence-electron chi connectivity index (χ1n) is 9.81. The number of likely N-dealkylation sites (N-methyl/N-ethyl adjacent to an activating group) is 1. The second-order valence-electron chi connectivity index (χ2n) is 8.51. The van der Waals surface area contributed by atoms with Gasteiger partial charge in [0.05, 0.1) is 6.10 Å². The molecule has 0 radical (unpaired) electrons. The molecule has 0 unspecified atom stereocenters. The number of amides is 1. The number of carbonyl (C=O) groups is 1. The Morgan fingerprint density at radius 2 is 2.12 bits per heavy atom. The number of rotatable bonds is 5. The van der Waals surface area contributed by atoms with Crippen LogP contribution in [0.5, 0.6) is 0 Å². The van der Waals surface area contributed by atoms with E-state index < -0.39 is 0 Å². The predicted octanol–water partition coefficient (Wildman–Crippen LogP) is 4.09. The number of methoxy groups -OCH3 is 1. The predicted molar refractivity (Wildman–Crippen MR) is 104 cm³/mol. The van der Waals surface area contributed by atoms with Crippen LogP contribution in [-0.4, -0.2) is 43.8 Å². The maximum Gasteiger partial charge on any atom is 0.254 e. The summed E-state index contributed by atoms with van der Waals surface area (Å²) in [5, 5.41) is 0. The third kappa shape index (κ3) is 2.87. The first-order valence-corrected chi connectivity index (χ1v) is 9.81. The Morgan fingerprint density at radius 1 is 1.42 bits per heavy atom. The molecule has 0 aromatic heterocycles. The van der Waals surface area contributed by atoms with Crippen LogP contribution in [0.1, 0.15) is 47.5 Å². The maximum atomic E-state index is 12.4. The van der Waals surface area contributed by atoms with E-state index in [1.54, 1.807) is 12.0 Å². The van der Waals surface area contributed by atoms with Crippen molar-refractivity contribution in [3.05, 3.63) is 34.6 Å². The van der Waals surface area contributed by atoms with Crippen molar-refractivity contribution < 1.29 is 14.3 Å². The summed E-state index contributed by atoms with van der Waals surface area (Å²) in [4.78, 5) is 14.2. The third-order valence-corrected chi connectivity index (χ3v) is 6.95. The lowest BCUT2D eigenvalue weighted by Crippen LogP contribution is -2.49. The molecule has 0 spiro atoms. The Kier molecular flexibility index (Phi) is 5.19. The Bertz CT molecular complexity index is 690. The van der Waals surface area contributed by atoms with E-state index >= 15 is 0 Å². The van der Waals surface area contributed by atoms with Gasteiger partial charge in [-0.25, -0.2) is 0 Å². The number of hydrogen-bond donors (Lipinski definition) is 0. The molecule has 1 aliphatic heterocycles. The molecule has 144 valence electrons. The largest absolute Gasteiger partial charge is 0.375 e. The maximum absolute atomic E-state index is 12.4. The topological polar surface area (TPSA) is 38.8 Å². The second kappa shape index (κ2) is 6.97. The highest BCUT2D eigenvalue weighted by Gasteiger charge is 2.50. The summed E-state index contributed by atoms with van der Waals surface area (Å²) >= 11 is 0. The van der Waals surface area contributed by atoms with Crippen molar-refractivity contribution in [1.82, 2.24) is 4.90 Å². The van der Waals surface area contributed by atoms with Crippen molar-refractivity contribution >= 4 is 5.91 Å². The number of allylic oxidation sites excluding steroid dienone is 3. The molecule has 0 saturated carbocycles. The van der Waals surface area contributed by atoms with Crippen molar-refractivity contribution in [2.24, 2.45) is 17.3 Å². The highest BCUT2D eigenvalue weighted by Crippen LogP contribution is 2.54. The minimum absolute atomic E-state index is 0.0356. The summed E-state index contributed by atoms with van der Waals surface area (Å²) in [5.41, 5.74) is 4.36. The van der Waals surface area contributed by atoms with Crippen molar-refractivity contribution in [3.63, 3.8) is 0 Å². The van der Waals surface area contributed by atoms with E-state index in [9.17, 15) is 4.79 Å². The fourth-order valence-electron chi connectivity index (χ4n) is 4.49. The molecule has 4 nitrogen and oxygen atoms in total. The average molecular weight is 360 g/mol. The molecular weight excluding hydrogens is 326 g/mol. The Hall–Kier alpha value is -1.39. The highest BCUT2D eigenvalue weighted by molar-refractivity contribution is 6.00. The first-order chi connectivity index (χ1) is 12.2. The van der Waals surface area contributed by atoms with Gasteiger partial charge < -0.3 is 14.4 Å². The quantitative estimate of drug-likeness (QED) is 0.742. The lowest BCUT2D eigenvalue weighted by Gasteiger charge is -2.49. The van der Waals surface area contributed by atoms with E-state index in [1.165, 1.54) is 11.1 Å².